The molecule has 0 aromatic carbocycles. The van der Waals surface area contributed by atoms with Crippen molar-refractivity contribution in [1.82, 2.24) is 10.3 Å². The van der Waals surface area contributed by atoms with Gasteiger partial charge in [-0.2, -0.15) is 0 Å². The Morgan fingerprint density at radius 3 is 1.95 bits per heavy atom. The number of hydrogen-bond donors (Lipinski definition) is 2. The molecular weight excluding hydrogens is 520 g/mol. The SMILES string of the molecule is CC.CC/C=C\C/C=C\C/C=C\C/C=C\C/C=C\CCCC(=O)OC(=O)C(CCC(=O)O)NC(=O)c1cccnc1. The van der Waals surface area contributed by atoms with Crippen LogP contribution in [0.4, 0.5) is 0 Å². The molecule has 1 aromatic heterocycles. The van der Waals surface area contributed by atoms with Gasteiger partial charge >= 0.3 is 17.9 Å². The lowest BCUT2D eigenvalue weighted by atomic mass is 10.1. The van der Waals surface area contributed by atoms with E-state index in [1.807, 2.05) is 26.0 Å². The number of carbonyl (C=O) groups excluding carboxylic acids is 3. The maximum atomic E-state index is 12.4. The van der Waals surface area contributed by atoms with Crippen molar-refractivity contribution < 1.29 is 29.0 Å². The van der Waals surface area contributed by atoms with Gasteiger partial charge in [-0.05, 0) is 63.5 Å². The van der Waals surface area contributed by atoms with Crippen LogP contribution in [0.15, 0.2) is 85.3 Å². The highest BCUT2D eigenvalue weighted by Gasteiger charge is 2.25. The molecule has 1 atom stereocenters. The molecule has 0 aliphatic rings. The van der Waals surface area contributed by atoms with E-state index in [1.165, 1.54) is 18.5 Å². The quantitative estimate of drug-likeness (QED) is 0.0795. The van der Waals surface area contributed by atoms with Crippen LogP contribution in [0.2, 0.25) is 0 Å². The lowest BCUT2D eigenvalue weighted by Gasteiger charge is -2.16. The van der Waals surface area contributed by atoms with Gasteiger partial charge in [-0.25, -0.2) is 4.79 Å². The predicted octanol–water partition coefficient (Wildman–Crippen LogP) is 7.06. The Morgan fingerprint density at radius 1 is 0.878 bits per heavy atom. The van der Waals surface area contributed by atoms with Crippen LogP contribution in [0, 0.1) is 0 Å². The second-order valence-corrected chi connectivity index (χ2v) is 8.59. The van der Waals surface area contributed by atoms with Crippen LogP contribution in [0.3, 0.4) is 0 Å². The number of ether oxygens (including phenoxy) is 1. The molecule has 1 unspecified atom stereocenters. The van der Waals surface area contributed by atoms with E-state index in [0.717, 1.165) is 32.1 Å². The summed E-state index contributed by atoms with van der Waals surface area (Å²) in [6.07, 6.45) is 29.2. The molecule has 8 heteroatoms. The summed E-state index contributed by atoms with van der Waals surface area (Å²) in [4.78, 5) is 51.6. The van der Waals surface area contributed by atoms with Crippen LogP contribution in [0.25, 0.3) is 0 Å². The molecule has 224 valence electrons. The van der Waals surface area contributed by atoms with Gasteiger partial charge in [-0.1, -0.05) is 81.5 Å². The third-order valence-electron chi connectivity index (χ3n) is 5.28. The molecule has 1 heterocycles. The minimum atomic E-state index is -1.26. The van der Waals surface area contributed by atoms with Crippen LogP contribution in [-0.4, -0.2) is 39.9 Å². The average Bonchev–Trinajstić information content (AvgIpc) is 2.98. The Labute approximate surface area is 245 Å². The largest absolute Gasteiger partial charge is 0.481 e. The molecule has 8 nitrogen and oxygen atoms in total. The molecule has 0 saturated carbocycles. The molecular formula is C33H46N2O6. The molecule has 0 aliphatic heterocycles. The lowest BCUT2D eigenvalue weighted by Crippen LogP contribution is -2.42. The third-order valence-corrected chi connectivity index (χ3v) is 5.28. The number of aromatic nitrogens is 1. The van der Waals surface area contributed by atoms with Crippen molar-refractivity contribution in [2.45, 2.75) is 91.0 Å². The standard InChI is InChI=1S/C31H40N2O6.C2H6/c1-2-3-4-5-6-7-8-9-10-11-12-13-14-15-16-17-18-21-29(36)39-31(38)27(22-23-28(34)35)33-30(37)26-20-19-24-32-25-26;1-2/h3-4,6-7,9-10,12-13,15-16,19-20,24-25,27H,2,5,8,11,14,17-18,21-23H2,1H3,(H,33,37)(H,34,35);1-2H3/b4-3-,7-6-,10-9-,13-12-,16-15-;. The molecule has 1 aromatic rings. The van der Waals surface area contributed by atoms with Gasteiger partial charge in [0.15, 0.2) is 0 Å². The normalized spacial score (nSPS) is 12.2. The maximum absolute atomic E-state index is 12.4. The molecule has 0 spiro atoms. The van der Waals surface area contributed by atoms with Crippen LogP contribution in [0.5, 0.6) is 0 Å². The number of rotatable bonds is 19. The predicted molar refractivity (Wildman–Crippen MR) is 163 cm³/mol. The second kappa shape index (κ2) is 26.2. The molecule has 0 radical (unpaired) electrons. The third kappa shape index (κ3) is 21.4. The number of esters is 2. The number of hydrogen-bond acceptors (Lipinski definition) is 6. The number of carboxylic acids is 1. The molecule has 0 bridgehead atoms. The first-order valence-electron chi connectivity index (χ1n) is 14.4. The summed E-state index contributed by atoms with van der Waals surface area (Å²) < 4.78 is 4.86. The minimum absolute atomic E-state index is 0.0300. The molecule has 0 fully saturated rings. The van der Waals surface area contributed by atoms with Gasteiger partial charge in [-0.15, -0.1) is 0 Å². The molecule has 0 saturated heterocycles. The van der Waals surface area contributed by atoms with E-state index < -0.39 is 29.9 Å². The Kier molecular flexibility index (Phi) is 23.6. The number of nitrogens with one attached hydrogen (secondary N) is 1. The van der Waals surface area contributed by atoms with Crippen LogP contribution < -0.4 is 5.32 Å². The van der Waals surface area contributed by atoms with Gasteiger partial charge < -0.3 is 15.2 Å². The van der Waals surface area contributed by atoms with E-state index in [4.69, 9.17) is 9.84 Å². The van der Waals surface area contributed by atoms with Crippen molar-refractivity contribution in [3.8, 4) is 0 Å². The highest BCUT2D eigenvalue weighted by atomic mass is 16.6. The first-order chi connectivity index (χ1) is 19.9. The molecule has 2 N–H and O–H groups in total. The van der Waals surface area contributed by atoms with Gasteiger partial charge in [0.25, 0.3) is 5.91 Å². The van der Waals surface area contributed by atoms with Gasteiger partial charge in [0.1, 0.15) is 6.04 Å². The number of unbranched alkanes of at least 4 members (excludes halogenated alkanes) is 1. The summed E-state index contributed by atoms with van der Waals surface area (Å²) in [6.45, 7) is 6.12. The van der Waals surface area contributed by atoms with Crippen molar-refractivity contribution in [2.24, 2.45) is 0 Å². The molecule has 0 aliphatic carbocycles. The van der Waals surface area contributed by atoms with E-state index in [2.05, 4.69) is 65.8 Å². The number of carbonyl (C=O) groups is 4. The van der Waals surface area contributed by atoms with Crippen molar-refractivity contribution in [1.29, 1.82) is 0 Å². The summed E-state index contributed by atoms with van der Waals surface area (Å²) in [6, 6.07) is 1.80. The zero-order valence-electron chi connectivity index (χ0n) is 24.7. The Balaban J connectivity index is 0.00000781. The van der Waals surface area contributed by atoms with Crippen molar-refractivity contribution in [3.05, 3.63) is 90.9 Å². The first kappa shape index (κ1) is 36.9. The van der Waals surface area contributed by atoms with Crippen LogP contribution in [0.1, 0.15) is 95.3 Å². The summed E-state index contributed by atoms with van der Waals surface area (Å²) >= 11 is 0. The Bertz CT molecular complexity index is 1030. The number of allylic oxidation sites excluding steroid dienone is 10. The maximum Gasteiger partial charge on any atom is 0.336 e. The number of nitrogens with zero attached hydrogens (tertiary/aromatic N) is 1. The smallest absolute Gasteiger partial charge is 0.336 e. The topological polar surface area (TPSA) is 123 Å². The summed E-state index contributed by atoms with van der Waals surface area (Å²) in [5, 5.41) is 11.4. The molecule has 1 rings (SSSR count). The van der Waals surface area contributed by atoms with Gasteiger partial charge in [0, 0.05) is 25.2 Å². The fourth-order valence-corrected chi connectivity index (χ4v) is 3.22. The summed E-state index contributed by atoms with van der Waals surface area (Å²) in [7, 11) is 0. The average molecular weight is 567 g/mol. The van der Waals surface area contributed by atoms with Crippen molar-refractivity contribution in [2.75, 3.05) is 0 Å². The summed E-state index contributed by atoms with van der Waals surface area (Å²) in [5.74, 6) is -3.44. The van der Waals surface area contributed by atoms with Gasteiger partial charge in [-0.3, -0.25) is 19.4 Å². The molecule has 41 heavy (non-hydrogen) atoms. The fraction of sp³-hybridized carbons (Fsp3) is 0.424. The number of carboxylic acid groups (broad SMARTS) is 1. The minimum Gasteiger partial charge on any atom is -0.481 e. The van der Waals surface area contributed by atoms with E-state index in [9.17, 15) is 19.2 Å². The van der Waals surface area contributed by atoms with Gasteiger partial charge in [0.05, 0.1) is 5.56 Å². The zero-order valence-corrected chi connectivity index (χ0v) is 24.7. The number of pyridine rings is 1. The fourth-order valence-electron chi connectivity index (χ4n) is 3.22. The number of amides is 1. The highest BCUT2D eigenvalue weighted by molar-refractivity contribution is 5.98. The van der Waals surface area contributed by atoms with Crippen LogP contribution >= 0.6 is 0 Å². The monoisotopic (exact) mass is 566 g/mol. The zero-order chi connectivity index (χ0) is 30.6. The Morgan fingerprint density at radius 2 is 1.44 bits per heavy atom. The van der Waals surface area contributed by atoms with E-state index in [0.29, 0.717) is 12.8 Å². The van der Waals surface area contributed by atoms with E-state index >= 15 is 0 Å². The molecule has 1 amide bonds. The Hall–Kier alpha value is -4.07. The highest BCUT2D eigenvalue weighted by Crippen LogP contribution is 2.07. The van der Waals surface area contributed by atoms with E-state index in [-0.39, 0.29) is 24.8 Å². The number of aliphatic carboxylic acids is 1. The summed E-state index contributed by atoms with van der Waals surface area (Å²) in [5.41, 5.74) is 0.203. The van der Waals surface area contributed by atoms with Crippen LogP contribution in [-0.2, 0) is 19.1 Å². The first-order valence-corrected chi connectivity index (χ1v) is 14.4. The van der Waals surface area contributed by atoms with Crippen molar-refractivity contribution in [3.63, 3.8) is 0 Å². The van der Waals surface area contributed by atoms with E-state index in [1.54, 1.807) is 6.07 Å². The van der Waals surface area contributed by atoms with Gasteiger partial charge in [0.2, 0.25) is 0 Å². The second-order valence-electron chi connectivity index (χ2n) is 8.59. The lowest BCUT2D eigenvalue weighted by molar-refractivity contribution is -0.161. The van der Waals surface area contributed by atoms with Crippen molar-refractivity contribution >= 4 is 23.8 Å².